The fraction of sp³-hybridized carbons (Fsp3) is 0.933. The second kappa shape index (κ2) is 13.9. The molecule has 0 radical (unpaired) electrons. The molecule has 2 N–H and O–H groups in total. The van der Waals surface area contributed by atoms with Crippen molar-refractivity contribution >= 4 is 29.9 Å². The van der Waals surface area contributed by atoms with Gasteiger partial charge in [-0.1, -0.05) is 32.1 Å². The highest BCUT2D eigenvalue weighted by atomic mass is 127. The van der Waals surface area contributed by atoms with E-state index in [1.807, 2.05) is 7.05 Å². The first-order valence-corrected chi connectivity index (χ1v) is 7.80. The van der Waals surface area contributed by atoms with Gasteiger partial charge in [-0.2, -0.15) is 0 Å². The number of methoxy groups -OCH3 is 1. The Balaban J connectivity index is 0.00000361. The summed E-state index contributed by atoms with van der Waals surface area (Å²) in [7, 11) is 3.57. The average molecular weight is 397 g/mol. The smallest absolute Gasteiger partial charge is 0.190 e. The largest absolute Gasteiger partial charge is 0.385 e. The zero-order chi connectivity index (χ0) is 13.8. The minimum atomic E-state index is 0. The van der Waals surface area contributed by atoms with Crippen molar-refractivity contribution in [2.75, 3.05) is 33.9 Å². The molecule has 0 aliphatic heterocycles. The first kappa shape index (κ1) is 20.0. The summed E-state index contributed by atoms with van der Waals surface area (Å²) in [6.07, 6.45) is 10.8. The van der Waals surface area contributed by atoms with Gasteiger partial charge in [0.05, 0.1) is 0 Å². The lowest BCUT2D eigenvalue weighted by molar-refractivity contribution is 0.195. The Bertz CT molecular complexity index is 241. The van der Waals surface area contributed by atoms with E-state index in [2.05, 4.69) is 15.6 Å². The fourth-order valence-corrected chi connectivity index (χ4v) is 2.63. The normalized spacial score (nSPS) is 17.8. The van der Waals surface area contributed by atoms with E-state index >= 15 is 0 Å². The molecule has 0 bridgehead atoms. The van der Waals surface area contributed by atoms with Crippen LogP contribution in [-0.2, 0) is 4.74 Å². The molecule has 0 aromatic carbocycles. The summed E-state index contributed by atoms with van der Waals surface area (Å²) in [4.78, 5) is 4.27. The minimum Gasteiger partial charge on any atom is -0.385 e. The van der Waals surface area contributed by atoms with Crippen LogP contribution in [0.15, 0.2) is 4.99 Å². The molecule has 4 nitrogen and oxygen atoms in total. The van der Waals surface area contributed by atoms with E-state index in [1.54, 1.807) is 7.11 Å². The standard InChI is InChI=1S/C15H31N3O.HI/c1-16-15(17-11-8-12-19-2)18-13-14-9-6-4-3-5-7-10-14;/h14H,3-13H2,1-2H3,(H2,16,17,18);1H. The molecule has 0 amide bonds. The van der Waals surface area contributed by atoms with Crippen LogP contribution < -0.4 is 10.6 Å². The van der Waals surface area contributed by atoms with Crippen LogP contribution in [0.1, 0.15) is 51.4 Å². The molecule has 0 atom stereocenters. The SMILES string of the molecule is CN=C(NCCCOC)NCC1CCCCCCC1.I. The van der Waals surface area contributed by atoms with Crippen LogP contribution in [-0.4, -0.2) is 39.8 Å². The average Bonchev–Trinajstić information content (AvgIpc) is 2.39. The number of ether oxygens (including phenoxy) is 1. The lowest BCUT2D eigenvalue weighted by Crippen LogP contribution is -2.40. The van der Waals surface area contributed by atoms with Crippen molar-refractivity contribution < 1.29 is 4.74 Å². The van der Waals surface area contributed by atoms with Crippen LogP contribution in [0.5, 0.6) is 0 Å². The van der Waals surface area contributed by atoms with E-state index in [0.717, 1.165) is 38.0 Å². The molecule has 0 saturated heterocycles. The second-order valence-electron chi connectivity index (χ2n) is 5.44. The molecule has 0 spiro atoms. The van der Waals surface area contributed by atoms with Crippen LogP contribution in [0.4, 0.5) is 0 Å². The molecule has 0 unspecified atom stereocenters. The van der Waals surface area contributed by atoms with Crippen molar-refractivity contribution in [3.8, 4) is 0 Å². The van der Waals surface area contributed by atoms with Crippen LogP contribution in [0.25, 0.3) is 0 Å². The maximum atomic E-state index is 5.04. The maximum absolute atomic E-state index is 5.04. The van der Waals surface area contributed by atoms with Gasteiger partial charge in [-0.15, -0.1) is 24.0 Å². The third-order valence-electron chi connectivity index (χ3n) is 3.82. The summed E-state index contributed by atoms with van der Waals surface area (Å²) in [5, 5.41) is 6.79. The highest BCUT2D eigenvalue weighted by Crippen LogP contribution is 2.21. The van der Waals surface area contributed by atoms with Gasteiger partial charge < -0.3 is 15.4 Å². The first-order chi connectivity index (χ1) is 9.36. The molecule has 20 heavy (non-hydrogen) atoms. The van der Waals surface area contributed by atoms with E-state index in [-0.39, 0.29) is 24.0 Å². The van der Waals surface area contributed by atoms with Gasteiger partial charge >= 0.3 is 0 Å². The number of rotatable bonds is 6. The topological polar surface area (TPSA) is 45.7 Å². The van der Waals surface area contributed by atoms with Gasteiger partial charge in [0, 0.05) is 33.9 Å². The lowest BCUT2D eigenvalue weighted by Gasteiger charge is -2.21. The van der Waals surface area contributed by atoms with E-state index in [1.165, 1.54) is 44.9 Å². The summed E-state index contributed by atoms with van der Waals surface area (Å²) in [5.41, 5.74) is 0. The summed E-state index contributed by atoms with van der Waals surface area (Å²) in [6.45, 7) is 2.77. The molecular formula is C15H32IN3O. The van der Waals surface area contributed by atoms with Crippen LogP contribution in [0, 0.1) is 5.92 Å². The molecule has 5 heteroatoms. The summed E-state index contributed by atoms with van der Waals surface area (Å²) in [5.74, 6) is 1.75. The van der Waals surface area contributed by atoms with Crippen molar-refractivity contribution in [2.24, 2.45) is 10.9 Å². The Labute approximate surface area is 141 Å². The molecule has 1 rings (SSSR count). The van der Waals surface area contributed by atoms with Crippen LogP contribution in [0.2, 0.25) is 0 Å². The van der Waals surface area contributed by atoms with E-state index in [4.69, 9.17) is 4.74 Å². The van der Waals surface area contributed by atoms with E-state index < -0.39 is 0 Å². The van der Waals surface area contributed by atoms with E-state index in [0.29, 0.717) is 0 Å². The van der Waals surface area contributed by atoms with Crippen LogP contribution >= 0.6 is 24.0 Å². The zero-order valence-electron chi connectivity index (χ0n) is 13.1. The number of aliphatic imine (C=N–C) groups is 1. The fourth-order valence-electron chi connectivity index (χ4n) is 2.63. The first-order valence-electron chi connectivity index (χ1n) is 7.80. The molecule has 1 aliphatic rings. The number of hydrogen-bond donors (Lipinski definition) is 2. The Kier molecular flexibility index (Phi) is 13.9. The Hall–Kier alpha value is -0.0400. The molecular weight excluding hydrogens is 365 g/mol. The van der Waals surface area contributed by atoms with Crippen molar-refractivity contribution in [3.05, 3.63) is 0 Å². The molecule has 0 aromatic rings. The second-order valence-corrected chi connectivity index (χ2v) is 5.44. The van der Waals surface area contributed by atoms with Crippen molar-refractivity contribution in [1.29, 1.82) is 0 Å². The van der Waals surface area contributed by atoms with Crippen molar-refractivity contribution in [2.45, 2.75) is 51.4 Å². The maximum Gasteiger partial charge on any atom is 0.190 e. The van der Waals surface area contributed by atoms with Crippen molar-refractivity contribution in [1.82, 2.24) is 10.6 Å². The summed E-state index contributed by atoms with van der Waals surface area (Å²) in [6, 6.07) is 0. The van der Waals surface area contributed by atoms with Crippen LogP contribution in [0.3, 0.4) is 0 Å². The van der Waals surface area contributed by atoms with Gasteiger partial charge in [0.2, 0.25) is 0 Å². The third kappa shape index (κ3) is 9.80. The predicted octanol–water partition coefficient (Wildman–Crippen LogP) is 3.17. The van der Waals surface area contributed by atoms with E-state index in [9.17, 15) is 0 Å². The van der Waals surface area contributed by atoms with Crippen molar-refractivity contribution in [3.63, 3.8) is 0 Å². The van der Waals surface area contributed by atoms with Gasteiger partial charge in [-0.25, -0.2) is 0 Å². The van der Waals surface area contributed by atoms with Gasteiger partial charge in [0.15, 0.2) is 5.96 Å². The number of nitrogens with one attached hydrogen (secondary N) is 2. The summed E-state index contributed by atoms with van der Waals surface area (Å²) < 4.78 is 5.04. The highest BCUT2D eigenvalue weighted by molar-refractivity contribution is 14.0. The summed E-state index contributed by atoms with van der Waals surface area (Å²) >= 11 is 0. The molecule has 1 aliphatic carbocycles. The van der Waals surface area contributed by atoms with Gasteiger partial charge in [0.1, 0.15) is 0 Å². The quantitative estimate of drug-likeness (QED) is 0.313. The van der Waals surface area contributed by atoms with Gasteiger partial charge in [0.25, 0.3) is 0 Å². The number of guanidine groups is 1. The molecule has 0 heterocycles. The molecule has 1 saturated carbocycles. The highest BCUT2D eigenvalue weighted by Gasteiger charge is 2.11. The molecule has 120 valence electrons. The number of hydrogen-bond acceptors (Lipinski definition) is 2. The van der Waals surface area contributed by atoms with Gasteiger partial charge in [-0.3, -0.25) is 4.99 Å². The third-order valence-corrected chi connectivity index (χ3v) is 3.82. The number of nitrogens with zero attached hydrogens (tertiary/aromatic N) is 1. The Morgan fingerprint density at radius 2 is 1.75 bits per heavy atom. The number of halogens is 1. The molecule has 0 aromatic heterocycles. The van der Waals surface area contributed by atoms with Gasteiger partial charge in [-0.05, 0) is 25.2 Å². The monoisotopic (exact) mass is 397 g/mol. The molecule has 1 fully saturated rings. The zero-order valence-corrected chi connectivity index (χ0v) is 15.4. The predicted molar refractivity (Wildman–Crippen MR) is 97.1 cm³/mol. The minimum absolute atomic E-state index is 0. The lowest BCUT2D eigenvalue weighted by atomic mass is 9.91. The Morgan fingerprint density at radius 3 is 2.35 bits per heavy atom. The Morgan fingerprint density at radius 1 is 1.10 bits per heavy atom.